The second-order valence-electron chi connectivity index (χ2n) is 7.35. The average molecular weight is 352 g/mol. The van der Waals surface area contributed by atoms with E-state index in [1.807, 2.05) is 23.1 Å². The summed E-state index contributed by atoms with van der Waals surface area (Å²) >= 11 is 0. The third-order valence-corrected chi connectivity index (χ3v) is 5.85. The summed E-state index contributed by atoms with van der Waals surface area (Å²) in [4.78, 5) is 27.2. The largest absolute Gasteiger partial charge is 0.472 e. The van der Waals surface area contributed by atoms with Crippen molar-refractivity contribution in [1.82, 2.24) is 10.2 Å². The van der Waals surface area contributed by atoms with Gasteiger partial charge in [-0.2, -0.15) is 0 Å². The first-order valence-corrected chi connectivity index (χ1v) is 9.37. The quantitative estimate of drug-likeness (QED) is 0.920. The summed E-state index contributed by atoms with van der Waals surface area (Å²) in [7, 11) is 0. The third kappa shape index (κ3) is 3.02. The Labute approximate surface area is 153 Å². The van der Waals surface area contributed by atoms with Gasteiger partial charge in [-0.05, 0) is 37.3 Å². The molecule has 1 aliphatic heterocycles. The summed E-state index contributed by atoms with van der Waals surface area (Å²) in [5.74, 6) is 0.151. The molecule has 1 aromatic carbocycles. The topological polar surface area (TPSA) is 62.6 Å². The summed E-state index contributed by atoms with van der Waals surface area (Å²) in [5.41, 5.74) is 1.35. The second-order valence-corrected chi connectivity index (χ2v) is 7.35. The number of piperidine rings is 1. The average Bonchev–Trinajstić information content (AvgIpc) is 3.16. The van der Waals surface area contributed by atoms with Gasteiger partial charge in [0.25, 0.3) is 5.91 Å². The maximum Gasteiger partial charge on any atom is 0.257 e. The molecular formula is C21H24N2O3. The Hall–Kier alpha value is -2.56. The van der Waals surface area contributed by atoms with Gasteiger partial charge in [-0.25, -0.2) is 0 Å². The fraction of sp³-hybridized carbons (Fsp3) is 0.429. The highest BCUT2D eigenvalue weighted by Gasteiger charge is 2.46. The molecule has 2 fully saturated rings. The van der Waals surface area contributed by atoms with Gasteiger partial charge in [0.15, 0.2) is 0 Å². The summed E-state index contributed by atoms with van der Waals surface area (Å²) in [6.45, 7) is 1.32. The number of carbonyl (C=O) groups excluding carboxylic acids is 2. The molecule has 2 heterocycles. The smallest absolute Gasteiger partial charge is 0.257 e. The van der Waals surface area contributed by atoms with Gasteiger partial charge in [-0.15, -0.1) is 0 Å². The van der Waals surface area contributed by atoms with Gasteiger partial charge in [-0.1, -0.05) is 36.8 Å². The van der Waals surface area contributed by atoms with Crippen molar-refractivity contribution in [2.75, 3.05) is 13.1 Å². The number of amides is 2. The number of carbonyl (C=O) groups is 2. The van der Waals surface area contributed by atoms with Gasteiger partial charge in [0, 0.05) is 19.1 Å². The molecule has 1 saturated heterocycles. The minimum absolute atomic E-state index is 0.00303. The maximum absolute atomic E-state index is 13.0. The Morgan fingerprint density at radius 2 is 1.81 bits per heavy atom. The third-order valence-electron chi connectivity index (χ3n) is 5.85. The van der Waals surface area contributed by atoms with Crippen LogP contribution in [0.3, 0.4) is 0 Å². The van der Waals surface area contributed by atoms with Crippen LogP contribution in [-0.4, -0.2) is 35.8 Å². The van der Waals surface area contributed by atoms with E-state index in [9.17, 15) is 9.59 Å². The van der Waals surface area contributed by atoms with Gasteiger partial charge >= 0.3 is 0 Å². The molecule has 0 spiro atoms. The molecule has 2 aliphatic rings. The first-order chi connectivity index (χ1) is 12.7. The SMILES string of the molecule is O=C(c1ccoc1)N1CCC(NC(=O)C2(c3ccccc3)CCC2)CC1. The lowest BCUT2D eigenvalue weighted by molar-refractivity contribution is -0.131. The molecule has 5 nitrogen and oxygen atoms in total. The van der Waals surface area contributed by atoms with Crippen molar-refractivity contribution in [3.63, 3.8) is 0 Å². The number of furan rings is 1. The van der Waals surface area contributed by atoms with Crippen LogP contribution in [0.4, 0.5) is 0 Å². The van der Waals surface area contributed by atoms with Crippen molar-refractivity contribution in [1.29, 1.82) is 0 Å². The molecule has 2 amide bonds. The van der Waals surface area contributed by atoms with Crippen LogP contribution in [0.5, 0.6) is 0 Å². The van der Waals surface area contributed by atoms with E-state index in [1.165, 1.54) is 12.5 Å². The van der Waals surface area contributed by atoms with Crippen LogP contribution >= 0.6 is 0 Å². The fourth-order valence-electron chi connectivity index (χ4n) is 4.05. The molecule has 1 aliphatic carbocycles. The Kier molecular flexibility index (Phi) is 4.53. The minimum atomic E-state index is -0.356. The number of rotatable bonds is 4. The van der Waals surface area contributed by atoms with Crippen LogP contribution in [0.2, 0.25) is 0 Å². The van der Waals surface area contributed by atoms with Gasteiger partial charge in [-0.3, -0.25) is 9.59 Å². The normalized spacial score (nSPS) is 19.6. The van der Waals surface area contributed by atoms with Gasteiger partial charge in [0.05, 0.1) is 17.2 Å². The van der Waals surface area contributed by atoms with E-state index in [-0.39, 0.29) is 23.3 Å². The molecule has 1 saturated carbocycles. The first-order valence-electron chi connectivity index (χ1n) is 9.37. The zero-order valence-corrected chi connectivity index (χ0v) is 14.8. The highest BCUT2D eigenvalue weighted by molar-refractivity contribution is 5.94. The van der Waals surface area contributed by atoms with Crippen molar-refractivity contribution in [2.24, 2.45) is 0 Å². The monoisotopic (exact) mass is 352 g/mol. The fourth-order valence-corrected chi connectivity index (χ4v) is 4.05. The van der Waals surface area contributed by atoms with Gasteiger partial charge in [0.2, 0.25) is 5.91 Å². The molecule has 0 atom stereocenters. The molecule has 5 heteroatoms. The van der Waals surface area contributed by atoms with Crippen LogP contribution < -0.4 is 5.32 Å². The summed E-state index contributed by atoms with van der Waals surface area (Å²) in [6.07, 6.45) is 7.51. The lowest BCUT2D eigenvalue weighted by Gasteiger charge is -2.42. The van der Waals surface area contributed by atoms with E-state index >= 15 is 0 Å². The molecule has 1 aromatic heterocycles. The highest BCUT2D eigenvalue weighted by atomic mass is 16.3. The van der Waals surface area contributed by atoms with Gasteiger partial charge in [0.1, 0.15) is 6.26 Å². The summed E-state index contributed by atoms with van der Waals surface area (Å²) in [6, 6.07) is 11.9. The predicted octanol–water partition coefficient (Wildman–Crippen LogP) is 3.12. The van der Waals surface area contributed by atoms with E-state index in [0.717, 1.165) is 37.7 Å². The molecule has 0 unspecified atom stereocenters. The number of nitrogens with one attached hydrogen (secondary N) is 1. The summed E-state index contributed by atoms with van der Waals surface area (Å²) in [5, 5.41) is 3.26. The Morgan fingerprint density at radius 1 is 1.08 bits per heavy atom. The van der Waals surface area contributed by atoms with Crippen LogP contribution in [0.15, 0.2) is 53.3 Å². The maximum atomic E-state index is 13.0. The number of hydrogen-bond acceptors (Lipinski definition) is 3. The molecule has 0 radical (unpaired) electrons. The standard InChI is InChI=1S/C21H24N2O3/c24-19(16-9-14-26-15-16)23-12-7-18(8-13-23)22-20(25)21(10-4-11-21)17-5-2-1-3-6-17/h1-3,5-6,9,14-15,18H,4,7-8,10-13H2,(H,22,25). The second kappa shape index (κ2) is 6.98. The Morgan fingerprint density at radius 3 is 2.38 bits per heavy atom. The van der Waals surface area contributed by atoms with E-state index in [2.05, 4.69) is 17.4 Å². The molecule has 4 rings (SSSR count). The summed E-state index contributed by atoms with van der Waals surface area (Å²) < 4.78 is 4.99. The van der Waals surface area contributed by atoms with E-state index in [0.29, 0.717) is 18.7 Å². The van der Waals surface area contributed by atoms with Crippen LogP contribution in [0.1, 0.15) is 48.0 Å². The van der Waals surface area contributed by atoms with Crippen molar-refractivity contribution >= 4 is 11.8 Å². The molecule has 136 valence electrons. The molecular weight excluding hydrogens is 328 g/mol. The predicted molar refractivity (Wildman–Crippen MR) is 97.7 cm³/mol. The van der Waals surface area contributed by atoms with Crippen molar-refractivity contribution in [3.05, 3.63) is 60.1 Å². The number of benzene rings is 1. The first kappa shape index (κ1) is 16.9. The number of nitrogens with zero attached hydrogens (tertiary/aromatic N) is 1. The van der Waals surface area contributed by atoms with Crippen LogP contribution in [-0.2, 0) is 10.2 Å². The Balaban J connectivity index is 1.35. The Bertz CT molecular complexity index is 758. The van der Waals surface area contributed by atoms with Crippen LogP contribution in [0, 0.1) is 0 Å². The van der Waals surface area contributed by atoms with E-state index in [1.54, 1.807) is 6.07 Å². The van der Waals surface area contributed by atoms with Crippen molar-refractivity contribution in [2.45, 2.75) is 43.6 Å². The number of hydrogen-bond donors (Lipinski definition) is 1. The lowest BCUT2D eigenvalue weighted by Crippen LogP contribution is -2.54. The van der Waals surface area contributed by atoms with Crippen molar-refractivity contribution in [3.8, 4) is 0 Å². The van der Waals surface area contributed by atoms with E-state index < -0.39 is 0 Å². The molecule has 1 N–H and O–H groups in total. The lowest BCUT2D eigenvalue weighted by atomic mass is 9.63. The highest BCUT2D eigenvalue weighted by Crippen LogP contribution is 2.44. The zero-order valence-electron chi connectivity index (χ0n) is 14.8. The van der Waals surface area contributed by atoms with Crippen molar-refractivity contribution < 1.29 is 14.0 Å². The minimum Gasteiger partial charge on any atom is -0.472 e. The number of likely N-dealkylation sites (tertiary alicyclic amines) is 1. The molecule has 0 bridgehead atoms. The molecule has 2 aromatic rings. The molecule has 26 heavy (non-hydrogen) atoms. The van der Waals surface area contributed by atoms with Gasteiger partial charge < -0.3 is 14.6 Å². The zero-order chi connectivity index (χ0) is 18.0. The van der Waals surface area contributed by atoms with Crippen LogP contribution in [0.25, 0.3) is 0 Å². The van der Waals surface area contributed by atoms with E-state index in [4.69, 9.17) is 4.42 Å².